The predicted octanol–water partition coefficient (Wildman–Crippen LogP) is 7.69. The summed E-state index contributed by atoms with van der Waals surface area (Å²) < 4.78 is 8.89. The second-order valence-corrected chi connectivity index (χ2v) is 50.4. The molecule has 0 aromatic heterocycles. The van der Waals surface area contributed by atoms with Crippen LogP contribution in [0.1, 0.15) is 37.8 Å². The second-order valence-electron chi connectivity index (χ2n) is 9.43. The molecule has 158 valence electrons. The minimum Gasteiger partial charge on any atom is -0.147 e. The van der Waals surface area contributed by atoms with E-state index in [9.17, 15) is 0 Å². The van der Waals surface area contributed by atoms with E-state index in [1.165, 1.54) is 33.4 Å². The Kier molecular flexibility index (Phi) is 7.84. The van der Waals surface area contributed by atoms with Gasteiger partial charge in [0.25, 0.3) is 0 Å². The average molecular weight is 622 g/mol. The Morgan fingerprint density at radius 2 is 0.967 bits per heavy atom. The number of allylic oxidation sites excluding steroid dienone is 8. The number of halogens is 2. The molecule has 0 radical (unpaired) electrons. The van der Waals surface area contributed by atoms with Crippen molar-refractivity contribution in [2.45, 2.75) is 36.0 Å². The van der Waals surface area contributed by atoms with Gasteiger partial charge in [0.15, 0.2) is 0 Å². The van der Waals surface area contributed by atoms with Crippen LogP contribution in [-0.4, -0.2) is 6.94 Å². The molecule has 0 saturated heterocycles. The third kappa shape index (κ3) is 4.62. The summed E-state index contributed by atoms with van der Waals surface area (Å²) >= 11 is -3.32. The normalized spacial score (nSPS) is 16.7. The third-order valence-corrected chi connectivity index (χ3v) is 31.7. The van der Waals surface area contributed by atoms with Crippen LogP contribution in [-0.2, 0) is 17.1 Å². The van der Waals surface area contributed by atoms with Crippen molar-refractivity contribution in [2.24, 2.45) is 0 Å². The maximum Gasteiger partial charge on any atom is -0.147 e. The van der Waals surface area contributed by atoms with Gasteiger partial charge in [-0.3, -0.25) is 0 Å². The van der Waals surface area contributed by atoms with Crippen molar-refractivity contribution < 1.29 is 17.1 Å². The van der Waals surface area contributed by atoms with Crippen molar-refractivity contribution in [1.29, 1.82) is 0 Å². The van der Waals surface area contributed by atoms with Crippen LogP contribution >= 0.6 is 24.8 Å². The molecule has 0 atom stereocenters. The fourth-order valence-corrected chi connectivity index (χ4v) is 28.1. The van der Waals surface area contributed by atoms with E-state index < -0.39 is 17.1 Å². The van der Waals surface area contributed by atoms with Crippen LogP contribution in [0, 0.1) is 0 Å². The van der Waals surface area contributed by atoms with Crippen LogP contribution in [0.5, 0.6) is 0 Å². The molecular weight excluding hydrogens is 590 g/mol. The van der Waals surface area contributed by atoms with Crippen LogP contribution < -0.4 is 0 Å². The van der Waals surface area contributed by atoms with Crippen LogP contribution in [0.15, 0.2) is 90.6 Å². The molecule has 2 aliphatic carbocycles. The maximum absolute atomic E-state index is 3.32. The number of hydrogen-bond acceptors (Lipinski definition) is 0. The smallest absolute Gasteiger partial charge is 0.147 e. The first-order chi connectivity index (χ1) is 13.2. The summed E-state index contributed by atoms with van der Waals surface area (Å²) in [5, 5.41) is 0. The van der Waals surface area contributed by atoms with Gasteiger partial charge < -0.3 is 0 Å². The Bertz CT molecular complexity index is 1040. The van der Waals surface area contributed by atoms with E-state index in [2.05, 4.69) is 103 Å². The molecule has 4 heteroatoms. The van der Waals surface area contributed by atoms with Gasteiger partial charge in [-0.05, 0) is 0 Å². The van der Waals surface area contributed by atoms with Crippen molar-refractivity contribution in [3.05, 3.63) is 102 Å². The Hall–Kier alpha value is -0.933. The van der Waals surface area contributed by atoms with Crippen LogP contribution in [0.2, 0.25) is 9.36 Å². The van der Waals surface area contributed by atoms with Gasteiger partial charge in [0.2, 0.25) is 0 Å². The summed E-state index contributed by atoms with van der Waals surface area (Å²) in [6.07, 6.45) is 7.19. The van der Waals surface area contributed by atoms with Crippen molar-refractivity contribution in [3.8, 4) is 0 Å². The summed E-state index contributed by atoms with van der Waals surface area (Å²) in [5.74, 6) is 0. The zero-order chi connectivity index (χ0) is 20.0. The molecule has 0 bridgehead atoms. The molecule has 0 heterocycles. The molecule has 0 spiro atoms. The summed E-state index contributed by atoms with van der Waals surface area (Å²) in [6.45, 7) is 7.07. The van der Waals surface area contributed by atoms with Crippen LogP contribution in [0.25, 0.3) is 11.1 Å². The fourth-order valence-electron chi connectivity index (χ4n) is 5.15. The molecule has 30 heavy (non-hydrogen) atoms. The molecule has 4 rings (SSSR count). The number of rotatable bonds is 4. The SMILES string of the molecule is CC1=[C]([Hf]([CH3])([CH3])(=[SiH2])[C]2=C(C)C=C(c3ccccc3)C2)CC(c2ccccc2)=C1.Cl.Cl. The quantitative estimate of drug-likeness (QED) is 0.307. The van der Waals surface area contributed by atoms with E-state index >= 15 is 0 Å². The molecule has 0 unspecified atom stereocenters. The zero-order valence-corrected chi connectivity index (χ0v) is 25.0. The number of benzene rings is 2. The third-order valence-electron chi connectivity index (χ3n) is 6.69. The van der Waals surface area contributed by atoms with Crippen molar-refractivity contribution >= 4 is 42.9 Å². The van der Waals surface area contributed by atoms with Gasteiger partial charge in [-0.25, -0.2) is 0 Å². The molecule has 0 saturated carbocycles. The molecule has 0 aliphatic heterocycles. The van der Waals surface area contributed by atoms with Gasteiger partial charge in [0.1, 0.15) is 0 Å². The van der Waals surface area contributed by atoms with Gasteiger partial charge in [-0.1, -0.05) is 0 Å². The first-order valence-corrected chi connectivity index (χ1v) is 29.4. The van der Waals surface area contributed by atoms with Gasteiger partial charge in [-0.15, -0.1) is 24.8 Å². The van der Waals surface area contributed by atoms with Crippen molar-refractivity contribution in [3.63, 3.8) is 0 Å². The Morgan fingerprint density at radius 1 is 0.633 bits per heavy atom. The van der Waals surface area contributed by atoms with Crippen molar-refractivity contribution in [2.75, 3.05) is 0 Å². The minimum atomic E-state index is -3.32. The van der Waals surface area contributed by atoms with Gasteiger partial charge in [0.05, 0.1) is 0 Å². The largest absolute Gasteiger partial charge is 0.147 e. The average Bonchev–Trinajstić information content (AvgIpc) is 3.27. The van der Waals surface area contributed by atoms with E-state index in [-0.39, 0.29) is 24.8 Å². The molecule has 2 aromatic carbocycles. The Labute approximate surface area is 196 Å². The predicted molar refractivity (Wildman–Crippen MR) is 138 cm³/mol. The molecule has 0 amide bonds. The maximum atomic E-state index is 2.66. The van der Waals surface area contributed by atoms with E-state index in [4.69, 9.17) is 0 Å². The van der Waals surface area contributed by atoms with Gasteiger partial charge in [-0.2, -0.15) is 0 Å². The van der Waals surface area contributed by atoms with Crippen LogP contribution in [0.3, 0.4) is 0 Å². The molecule has 0 fully saturated rings. The second kappa shape index (κ2) is 9.28. The Balaban J connectivity index is 0.00000160. The summed E-state index contributed by atoms with van der Waals surface area (Å²) in [7, 11) is 0. The molecule has 0 nitrogen and oxygen atoms in total. The molecule has 0 N–H and O–H groups in total. The first kappa shape index (κ1) is 25.3. The summed E-state index contributed by atoms with van der Waals surface area (Å²) in [5.41, 5.74) is 8.82. The van der Waals surface area contributed by atoms with Gasteiger partial charge in [0, 0.05) is 0 Å². The molecular formula is C26H32Cl2HfSi. The fraction of sp³-hybridized carbons (Fsp3) is 0.231. The van der Waals surface area contributed by atoms with E-state index in [0.717, 1.165) is 12.8 Å². The molecule has 2 aromatic rings. The number of hydrogen-bond donors (Lipinski definition) is 0. The zero-order valence-electron chi connectivity index (χ0n) is 18.4. The van der Waals surface area contributed by atoms with E-state index in [0.29, 0.717) is 0 Å². The standard InChI is InChI=1S/2C12H11.2CH3.2ClH.Hf.H2Si/c2*1-10-7-8-12(9-10)11-5-3-2-4-6-11;;;;;;/h2*2-6,9H,8H2,1H3;2*1H3;2*1H;;1H2. The summed E-state index contributed by atoms with van der Waals surface area (Å²) in [4.78, 5) is 0. The van der Waals surface area contributed by atoms with Crippen molar-refractivity contribution in [1.82, 2.24) is 0 Å². The first-order valence-electron chi connectivity index (χ1n) is 10.2. The van der Waals surface area contributed by atoms with Crippen LogP contribution in [0.4, 0.5) is 0 Å². The summed E-state index contributed by atoms with van der Waals surface area (Å²) in [6, 6.07) is 21.9. The monoisotopic (exact) mass is 622 g/mol. The molecule has 2 aliphatic rings. The van der Waals surface area contributed by atoms with Gasteiger partial charge >= 0.3 is 173 Å². The topological polar surface area (TPSA) is 0 Å². The minimum absolute atomic E-state index is 0. The van der Waals surface area contributed by atoms with E-state index in [1.807, 2.05) is 0 Å². The Morgan fingerprint density at radius 3 is 1.30 bits per heavy atom. The van der Waals surface area contributed by atoms with E-state index in [1.54, 1.807) is 6.66 Å².